The molecule has 0 aliphatic heterocycles. The summed E-state index contributed by atoms with van der Waals surface area (Å²) < 4.78 is 1.27. The van der Waals surface area contributed by atoms with E-state index in [4.69, 9.17) is 0 Å². The van der Waals surface area contributed by atoms with E-state index in [2.05, 4.69) is 15.4 Å². The van der Waals surface area contributed by atoms with Crippen LogP contribution in [0.3, 0.4) is 0 Å². The summed E-state index contributed by atoms with van der Waals surface area (Å²) in [6, 6.07) is 2.84. The topological polar surface area (TPSA) is 103 Å². The van der Waals surface area contributed by atoms with Crippen molar-refractivity contribution in [2.24, 2.45) is 0 Å². The molecule has 2 aromatic heterocycles. The molecule has 21 heavy (non-hydrogen) atoms. The highest BCUT2D eigenvalue weighted by Crippen LogP contribution is 2.19. The molecule has 0 radical (unpaired) electrons. The number of carbonyl (C=O) groups is 1. The Bertz CT molecular complexity index is 678. The molecule has 2 heterocycles. The normalized spacial score (nSPS) is 12.0. The smallest absolute Gasteiger partial charge is 0.309 e. The molecule has 0 unspecified atom stereocenters. The van der Waals surface area contributed by atoms with Gasteiger partial charge in [0.25, 0.3) is 0 Å². The third-order valence-corrected chi connectivity index (χ3v) is 3.03. The van der Waals surface area contributed by atoms with Crippen molar-refractivity contribution in [3.63, 3.8) is 0 Å². The lowest BCUT2D eigenvalue weighted by atomic mass is 10.3. The number of amides is 1. The largest absolute Gasteiger partial charge is 0.309 e. The van der Waals surface area contributed by atoms with Crippen molar-refractivity contribution >= 4 is 17.4 Å². The Hall–Kier alpha value is -2.77. The molecule has 110 valence electrons. The fourth-order valence-corrected chi connectivity index (χ4v) is 1.74. The van der Waals surface area contributed by atoms with Crippen molar-refractivity contribution in [3.8, 4) is 0 Å². The Morgan fingerprint density at radius 3 is 2.67 bits per heavy atom. The molecule has 0 saturated carbocycles. The minimum absolute atomic E-state index is 0.108. The lowest BCUT2D eigenvalue weighted by Crippen LogP contribution is -2.24. The average molecular weight is 289 g/mol. The van der Waals surface area contributed by atoms with Crippen LogP contribution in [0.25, 0.3) is 0 Å². The second-order valence-corrected chi connectivity index (χ2v) is 4.72. The monoisotopic (exact) mass is 289 g/mol. The number of nitro groups is 1. The molecule has 0 aromatic carbocycles. The fourth-order valence-electron chi connectivity index (χ4n) is 1.74. The van der Waals surface area contributed by atoms with Crippen molar-refractivity contribution in [2.75, 3.05) is 5.32 Å². The van der Waals surface area contributed by atoms with Crippen molar-refractivity contribution in [2.45, 2.75) is 26.8 Å². The van der Waals surface area contributed by atoms with E-state index >= 15 is 0 Å². The minimum Gasteiger partial charge on any atom is -0.309 e. The lowest BCUT2D eigenvalue weighted by Gasteiger charge is -2.11. The molecule has 8 heteroatoms. The number of nitrogens with zero attached hydrogens (tertiary/aromatic N) is 4. The van der Waals surface area contributed by atoms with Crippen LogP contribution in [0.5, 0.6) is 0 Å². The molecule has 8 nitrogen and oxygen atoms in total. The van der Waals surface area contributed by atoms with Crippen molar-refractivity contribution in [1.82, 2.24) is 14.8 Å². The number of pyridine rings is 1. The Labute approximate surface area is 121 Å². The standard InChI is InChI=1S/C13H15N5O3/c1-8-4-5-12(14-6-8)15-13(19)10(3)17-7-11(18(20)21)9(2)16-17/h4-7,10H,1-3H3,(H,14,15,19)/t10-/m1/s1. The zero-order valence-corrected chi connectivity index (χ0v) is 11.9. The molecule has 0 aliphatic carbocycles. The van der Waals surface area contributed by atoms with Crippen LogP contribution < -0.4 is 5.32 Å². The first kappa shape index (κ1) is 14.6. The van der Waals surface area contributed by atoms with E-state index in [0.29, 0.717) is 5.82 Å². The van der Waals surface area contributed by atoms with E-state index in [9.17, 15) is 14.9 Å². The minimum atomic E-state index is -0.680. The fraction of sp³-hybridized carbons (Fsp3) is 0.308. The Morgan fingerprint density at radius 2 is 2.14 bits per heavy atom. The van der Waals surface area contributed by atoms with Gasteiger partial charge in [0.1, 0.15) is 23.8 Å². The summed E-state index contributed by atoms with van der Waals surface area (Å²) in [7, 11) is 0. The molecule has 0 bridgehead atoms. The Balaban J connectivity index is 2.13. The molecule has 0 fully saturated rings. The number of nitrogens with one attached hydrogen (secondary N) is 1. The van der Waals surface area contributed by atoms with Crippen LogP contribution in [0, 0.1) is 24.0 Å². The molecular weight excluding hydrogens is 274 g/mol. The van der Waals surface area contributed by atoms with Crippen LogP contribution in [0.4, 0.5) is 11.5 Å². The van der Waals surface area contributed by atoms with Crippen LogP contribution in [-0.4, -0.2) is 25.6 Å². The predicted octanol–water partition coefficient (Wildman–Crippen LogP) is 2.00. The second-order valence-electron chi connectivity index (χ2n) is 4.72. The molecule has 0 spiro atoms. The van der Waals surface area contributed by atoms with Gasteiger partial charge < -0.3 is 5.32 Å². The van der Waals surface area contributed by atoms with E-state index in [1.807, 2.05) is 13.0 Å². The molecule has 1 atom stereocenters. The van der Waals surface area contributed by atoms with Crippen LogP contribution >= 0.6 is 0 Å². The maximum Gasteiger partial charge on any atom is 0.309 e. The summed E-state index contributed by atoms with van der Waals surface area (Å²) in [5.74, 6) is 0.0829. The molecule has 1 amide bonds. The Kier molecular flexibility index (Phi) is 3.97. The van der Waals surface area contributed by atoms with Gasteiger partial charge in [-0.3, -0.25) is 19.6 Å². The summed E-state index contributed by atoms with van der Waals surface area (Å²) in [6.45, 7) is 5.04. The molecule has 2 aromatic rings. The number of rotatable bonds is 4. The van der Waals surface area contributed by atoms with Crippen LogP contribution in [0.15, 0.2) is 24.5 Å². The van der Waals surface area contributed by atoms with Gasteiger partial charge in [0, 0.05) is 6.20 Å². The third kappa shape index (κ3) is 3.22. The molecule has 2 rings (SSSR count). The maximum absolute atomic E-state index is 12.1. The second kappa shape index (κ2) is 5.70. The molecule has 1 N–H and O–H groups in total. The van der Waals surface area contributed by atoms with Gasteiger partial charge >= 0.3 is 5.69 Å². The van der Waals surface area contributed by atoms with E-state index in [1.54, 1.807) is 19.2 Å². The highest BCUT2D eigenvalue weighted by molar-refractivity contribution is 5.92. The van der Waals surface area contributed by atoms with Crippen LogP contribution in [0.2, 0.25) is 0 Å². The van der Waals surface area contributed by atoms with Crippen molar-refractivity contribution < 1.29 is 9.72 Å². The van der Waals surface area contributed by atoms with Crippen molar-refractivity contribution in [3.05, 3.63) is 45.9 Å². The van der Waals surface area contributed by atoms with E-state index in [0.717, 1.165) is 5.56 Å². The number of hydrogen-bond donors (Lipinski definition) is 1. The first-order valence-corrected chi connectivity index (χ1v) is 6.32. The zero-order chi connectivity index (χ0) is 15.6. The first-order valence-electron chi connectivity index (χ1n) is 6.32. The average Bonchev–Trinajstić information content (AvgIpc) is 2.82. The highest BCUT2D eigenvalue weighted by atomic mass is 16.6. The van der Waals surface area contributed by atoms with E-state index in [-0.39, 0.29) is 17.3 Å². The number of carbonyl (C=O) groups excluding carboxylic acids is 1. The quantitative estimate of drug-likeness (QED) is 0.685. The summed E-state index contributed by atoms with van der Waals surface area (Å²) in [4.78, 5) is 26.5. The van der Waals surface area contributed by atoms with Gasteiger partial charge in [-0.25, -0.2) is 4.98 Å². The SMILES string of the molecule is Cc1ccc(NC(=O)[C@@H](C)n2cc([N+](=O)[O-])c(C)n2)nc1. The first-order chi connectivity index (χ1) is 9.88. The number of hydrogen-bond acceptors (Lipinski definition) is 5. The van der Waals surface area contributed by atoms with Gasteiger partial charge in [-0.05, 0) is 32.4 Å². The molecule has 0 aliphatic rings. The van der Waals surface area contributed by atoms with Crippen LogP contribution in [0.1, 0.15) is 24.2 Å². The molecule has 0 saturated heterocycles. The predicted molar refractivity (Wildman–Crippen MR) is 75.9 cm³/mol. The third-order valence-electron chi connectivity index (χ3n) is 3.03. The zero-order valence-electron chi connectivity index (χ0n) is 11.9. The summed E-state index contributed by atoms with van der Waals surface area (Å²) in [5.41, 5.74) is 1.15. The summed E-state index contributed by atoms with van der Waals surface area (Å²) in [6.07, 6.45) is 2.89. The van der Waals surface area contributed by atoms with Gasteiger partial charge in [0.2, 0.25) is 5.91 Å². The molecular formula is C13H15N5O3. The van der Waals surface area contributed by atoms with Gasteiger partial charge in [-0.1, -0.05) is 6.07 Å². The van der Waals surface area contributed by atoms with Gasteiger partial charge in [0.05, 0.1) is 4.92 Å². The Morgan fingerprint density at radius 1 is 1.43 bits per heavy atom. The van der Waals surface area contributed by atoms with Gasteiger partial charge in [0.15, 0.2) is 0 Å². The van der Waals surface area contributed by atoms with Crippen LogP contribution in [-0.2, 0) is 4.79 Å². The summed E-state index contributed by atoms with van der Waals surface area (Å²) in [5, 5.41) is 17.4. The van der Waals surface area contributed by atoms with E-state index < -0.39 is 11.0 Å². The van der Waals surface area contributed by atoms with Gasteiger partial charge in [-0.15, -0.1) is 0 Å². The number of anilines is 1. The highest BCUT2D eigenvalue weighted by Gasteiger charge is 2.22. The van der Waals surface area contributed by atoms with Crippen molar-refractivity contribution in [1.29, 1.82) is 0 Å². The van der Waals surface area contributed by atoms with Gasteiger partial charge in [-0.2, -0.15) is 5.10 Å². The summed E-state index contributed by atoms with van der Waals surface area (Å²) >= 11 is 0. The lowest BCUT2D eigenvalue weighted by molar-refractivity contribution is -0.385. The number of aryl methyl sites for hydroxylation is 2. The number of aromatic nitrogens is 3. The van der Waals surface area contributed by atoms with E-state index in [1.165, 1.54) is 17.8 Å². The maximum atomic E-state index is 12.1.